The molecule has 2 aliphatic carbocycles. The third-order valence-corrected chi connectivity index (χ3v) is 7.40. The quantitative estimate of drug-likeness (QED) is 0.771. The first-order valence-corrected chi connectivity index (χ1v) is 11.0. The maximum atomic E-state index is 11.5. The number of aryl methyl sites for hydroxylation is 1. The van der Waals surface area contributed by atoms with Crippen LogP contribution in [0.15, 0.2) is 18.2 Å². The molecule has 1 heterocycles. The number of carbonyl (C=O) groups excluding carboxylic acids is 1. The van der Waals surface area contributed by atoms with E-state index in [1.54, 1.807) is 0 Å². The van der Waals surface area contributed by atoms with Crippen LogP contribution >= 0.6 is 0 Å². The van der Waals surface area contributed by atoms with E-state index in [4.69, 9.17) is 9.47 Å². The largest absolute Gasteiger partial charge is 0.490 e. The molecule has 154 valence electrons. The number of rotatable bonds is 3. The van der Waals surface area contributed by atoms with E-state index >= 15 is 0 Å². The highest BCUT2D eigenvalue weighted by Crippen LogP contribution is 2.40. The van der Waals surface area contributed by atoms with Crippen molar-refractivity contribution in [3.05, 3.63) is 29.3 Å². The zero-order chi connectivity index (χ0) is 19.9. The summed E-state index contributed by atoms with van der Waals surface area (Å²) in [6.07, 6.45) is 8.06. The monoisotopic (exact) mass is 385 g/mol. The predicted molar refractivity (Wildman–Crippen MR) is 111 cm³/mol. The number of cyclic esters (lactones) is 1. The average molecular weight is 386 g/mol. The fraction of sp³-hybridized carbons (Fsp3) is 0.708. The summed E-state index contributed by atoms with van der Waals surface area (Å²) in [6, 6.07) is 6.63. The van der Waals surface area contributed by atoms with Crippen molar-refractivity contribution in [2.75, 3.05) is 6.61 Å². The highest BCUT2D eigenvalue weighted by Gasteiger charge is 2.43. The van der Waals surface area contributed by atoms with Gasteiger partial charge in [-0.25, -0.2) is 4.79 Å². The minimum atomic E-state index is -0.279. The van der Waals surface area contributed by atoms with Crippen molar-refractivity contribution in [1.29, 1.82) is 0 Å². The zero-order valence-corrected chi connectivity index (χ0v) is 17.8. The van der Waals surface area contributed by atoms with Crippen molar-refractivity contribution in [3.63, 3.8) is 0 Å². The number of amides is 1. The van der Waals surface area contributed by atoms with Gasteiger partial charge in [-0.05, 0) is 92.4 Å². The van der Waals surface area contributed by atoms with Crippen LogP contribution in [-0.2, 0) is 17.6 Å². The van der Waals surface area contributed by atoms with Crippen molar-refractivity contribution in [2.24, 2.45) is 17.3 Å². The molecule has 0 radical (unpaired) electrons. The number of hydrogen-bond acceptors (Lipinski definition) is 3. The summed E-state index contributed by atoms with van der Waals surface area (Å²) in [6.45, 7) is 9.67. The van der Waals surface area contributed by atoms with E-state index < -0.39 is 0 Å². The van der Waals surface area contributed by atoms with Crippen LogP contribution in [0.4, 0.5) is 4.79 Å². The normalized spacial score (nSPS) is 33.0. The number of alkyl carbamates (subject to hydrolysis) is 1. The molecule has 3 aliphatic rings. The molecule has 0 spiro atoms. The highest BCUT2D eigenvalue weighted by atomic mass is 16.6. The molecule has 1 N–H and O–H groups in total. The number of fused-ring (bicyclic) bond motifs is 1. The van der Waals surface area contributed by atoms with E-state index in [-0.39, 0.29) is 11.6 Å². The Kier molecular flexibility index (Phi) is 5.09. The van der Waals surface area contributed by atoms with Gasteiger partial charge in [-0.2, -0.15) is 0 Å². The molecular formula is C24H35NO3. The van der Waals surface area contributed by atoms with Gasteiger partial charge in [0, 0.05) is 0 Å². The Bertz CT molecular complexity index is 730. The molecular weight excluding hydrogens is 350 g/mol. The molecule has 28 heavy (non-hydrogen) atoms. The average Bonchev–Trinajstić information content (AvgIpc) is 3.01. The Hall–Kier alpha value is -1.71. The Balaban J connectivity index is 1.36. The van der Waals surface area contributed by atoms with Crippen LogP contribution in [0, 0.1) is 17.3 Å². The Morgan fingerprint density at radius 3 is 2.50 bits per heavy atom. The van der Waals surface area contributed by atoms with Gasteiger partial charge in [0.1, 0.15) is 12.4 Å². The fourth-order valence-electron chi connectivity index (χ4n) is 5.33. The Labute approximate surface area is 169 Å². The van der Waals surface area contributed by atoms with Gasteiger partial charge < -0.3 is 14.8 Å². The second-order valence-corrected chi connectivity index (χ2v) is 10.4. The first kappa shape index (κ1) is 19.6. The van der Waals surface area contributed by atoms with Gasteiger partial charge in [-0.1, -0.05) is 26.8 Å². The van der Waals surface area contributed by atoms with Crippen molar-refractivity contribution in [3.8, 4) is 5.75 Å². The highest BCUT2D eigenvalue weighted by molar-refractivity contribution is 5.70. The van der Waals surface area contributed by atoms with E-state index in [0.717, 1.165) is 30.9 Å². The molecule has 4 heteroatoms. The molecule has 2 fully saturated rings. The van der Waals surface area contributed by atoms with E-state index in [0.29, 0.717) is 24.0 Å². The van der Waals surface area contributed by atoms with Gasteiger partial charge in [-0.3, -0.25) is 0 Å². The lowest BCUT2D eigenvalue weighted by molar-refractivity contribution is 0.0881. The van der Waals surface area contributed by atoms with Crippen LogP contribution in [0.2, 0.25) is 0 Å². The lowest BCUT2D eigenvalue weighted by Crippen LogP contribution is -2.49. The summed E-state index contributed by atoms with van der Waals surface area (Å²) < 4.78 is 11.5. The third kappa shape index (κ3) is 4.01. The SMILES string of the molecule is CC(C)(C)[C@H]1CC[C@H](Oc2ccc3c(c2)CC[C@@H]([C@]2(C)COC(=O)N2)C3)CC1. The molecule has 1 amide bonds. The molecule has 0 aromatic heterocycles. The summed E-state index contributed by atoms with van der Waals surface area (Å²) in [5, 5.41) is 3.02. The summed E-state index contributed by atoms with van der Waals surface area (Å²) in [4.78, 5) is 11.5. The molecule has 1 aromatic carbocycles. The van der Waals surface area contributed by atoms with Crippen LogP contribution in [0.25, 0.3) is 0 Å². The minimum absolute atomic E-state index is 0.240. The lowest BCUT2D eigenvalue weighted by atomic mass is 9.72. The maximum absolute atomic E-state index is 11.5. The van der Waals surface area contributed by atoms with Gasteiger partial charge in [-0.15, -0.1) is 0 Å². The molecule has 0 bridgehead atoms. The number of carbonyl (C=O) groups is 1. The fourth-order valence-corrected chi connectivity index (χ4v) is 5.33. The first-order chi connectivity index (χ1) is 13.2. The number of nitrogens with one attached hydrogen (secondary N) is 1. The Morgan fingerprint density at radius 1 is 1.11 bits per heavy atom. The van der Waals surface area contributed by atoms with Gasteiger partial charge in [0.25, 0.3) is 0 Å². The topological polar surface area (TPSA) is 47.6 Å². The predicted octanol–water partition coefficient (Wildman–Crippen LogP) is 5.27. The van der Waals surface area contributed by atoms with Crippen LogP contribution in [0.1, 0.15) is 70.9 Å². The molecule has 0 unspecified atom stereocenters. The maximum Gasteiger partial charge on any atom is 0.407 e. The van der Waals surface area contributed by atoms with E-state index in [2.05, 4.69) is 51.2 Å². The molecule has 2 atom stereocenters. The third-order valence-electron chi connectivity index (χ3n) is 7.40. The summed E-state index contributed by atoms with van der Waals surface area (Å²) in [5.41, 5.74) is 2.97. The molecule has 1 aromatic rings. The zero-order valence-electron chi connectivity index (χ0n) is 17.8. The molecule has 4 rings (SSSR count). The molecule has 4 nitrogen and oxygen atoms in total. The van der Waals surface area contributed by atoms with Gasteiger partial charge in [0.15, 0.2) is 0 Å². The Morgan fingerprint density at radius 2 is 1.86 bits per heavy atom. The smallest absolute Gasteiger partial charge is 0.407 e. The number of benzene rings is 1. The van der Waals surface area contributed by atoms with Crippen molar-refractivity contribution >= 4 is 6.09 Å². The second kappa shape index (κ2) is 7.27. The summed E-state index contributed by atoms with van der Waals surface area (Å²) in [7, 11) is 0. The van der Waals surface area contributed by atoms with Gasteiger partial charge in [0.2, 0.25) is 0 Å². The van der Waals surface area contributed by atoms with E-state index in [9.17, 15) is 4.79 Å². The molecule has 1 saturated heterocycles. The molecule has 1 aliphatic heterocycles. The van der Waals surface area contributed by atoms with Crippen LogP contribution in [0.5, 0.6) is 5.75 Å². The summed E-state index contributed by atoms with van der Waals surface area (Å²) in [5.74, 6) is 2.26. The summed E-state index contributed by atoms with van der Waals surface area (Å²) >= 11 is 0. The van der Waals surface area contributed by atoms with Crippen molar-refractivity contribution < 1.29 is 14.3 Å². The van der Waals surface area contributed by atoms with Gasteiger partial charge >= 0.3 is 6.09 Å². The molecule has 1 saturated carbocycles. The number of ether oxygens (including phenoxy) is 2. The van der Waals surface area contributed by atoms with Crippen LogP contribution in [0.3, 0.4) is 0 Å². The lowest BCUT2D eigenvalue weighted by Gasteiger charge is -2.37. The second-order valence-electron chi connectivity index (χ2n) is 10.4. The van der Waals surface area contributed by atoms with Crippen molar-refractivity contribution in [2.45, 2.75) is 84.3 Å². The number of hydrogen-bond donors (Lipinski definition) is 1. The van der Waals surface area contributed by atoms with Crippen LogP contribution in [-0.4, -0.2) is 24.3 Å². The first-order valence-electron chi connectivity index (χ1n) is 11.0. The minimum Gasteiger partial charge on any atom is -0.490 e. The van der Waals surface area contributed by atoms with E-state index in [1.165, 1.54) is 36.8 Å². The van der Waals surface area contributed by atoms with Gasteiger partial charge in [0.05, 0.1) is 11.6 Å². The standard InChI is InChI=1S/C24H35NO3/c1-23(2,3)18-8-11-20(12-9-18)28-21-10-6-16-13-19(7-5-17(16)14-21)24(4)15-27-22(26)25-24/h6,10,14,18-20H,5,7-9,11-13,15H2,1-4H3,(H,25,26)/t18-,19-,20-,24+/m1/s1. The van der Waals surface area contributed by atoms with Crippen molar-refractivity contribution in [1.82, 2.24) is 5.32 Å². The van der Waals surface area contributed by atoms with Crippen LogP contribution < -0.4 is 10.1 Å². The van der Waals surface area contributed by atoms with E-state index in [1.807, 2.05) is 0 Å².